The van der Waals surface area contributed by atoms with Crippen molar-refractivity contribution in [3.8, 4) is 0 Å². The zero-order chi connectivity index (χ0) is 13.2. The Morgan fingerprint density at radius 3 is 3.11 bits per heavy atom. The molecule has 4 nitrogen and oxygen atoms in total. The number of pyridine rings is 1. The number of piperidine rings is 1. The van der Waals surface area contributed by atoms with Gasteiger partial charge in [0.05, 0.1) is 0 Å². The average molecular weight is 276 g/mol. The number of nitrogens with two attached hydrogens (primary N) is 1. The van der Waals surface area contributed by atoms with Gasteiger partial charge in [-0.2, -0.15) is 0 Å². The van der Waals surface area contributed by atoms with Gasteiger partial charge in [-0.15, -0.1) is 0 Å². The topological polar surface area (TPSA) is 54.2 Å². The summed E-state index contributed by atoms with van der Waals surface area (Å²) in [7, 11) is 0. The van der Waals surface area contributed by atoms with Gasteiger partial charge < -0.3 is 11.1 Å². The highest BCUT2D eigenvalue weighted by atomic mass is 32.1. The van der Waals surface area contributed by atoms with E-state index >= 15 is 0 Å². The van der Waals surface area contributed by atoms with Crippen molar-refractivity contribution in [2.45, 2.75) is 37.8 Å². The van der Waals surface area contributed by atoms with Crippen molar-refractivity contribution in [2.24, 2.45) is 5.73 Å². The number of fused-ring (bicyclic) bond motifs is 1. The minimum atomic E-state index is 0.427. The maximum Gasteiger partial charge on any atom is 0.126 e. The third-order valence-corrected chi connectivity index (χ3v) is 4.47. The molecule has 2 atom stereocenters. The molecule has 0 bridgehead atoms. The van der Waals surface area contributed by atoms with Gasteiger partial charge in [0.15, 0.2) is 0 Å². The van der Waals surface area contributed by atoms with E-state index in [2.05, 4.69) is 15.2 Å². The molecule has 3 rings (SSSR count). The van der Waals surface area contributed by atoms with Crippen molar-refractivity contribution >= 4 is 23.0 Å². The Morgan fingerprint density at radius 2 is 2.26 bits per heavy atom. The summed E-state index contributed by atoms with van der Waals surface area (Å²) in [6.07, 6.45) is 6.96. The van der Waals surface area contributed by atoms with Crippen molar-refractivity contribution in [2.75, 3.05) is 18.4 Å². The van der Waals surface area contributed by atoms with Gasteiger partial charge in [-0.05, 0) is 37.9 Å². The molecule has 1 aromatic rings. The lowest BCUT2D eigenvalue weighted by atomic mass is 9.99. The third kappa shape index (κ3) is 2.72. The molecule has 2 unspecified atom stereocenters. The standard InChI is InChI=1S/C14H20N4S/c15-14(19)10-4-6-16-13(9-10)17-11-5-8-18-7-2-1-3-12(11)18/h4,6,9,11-12H,1-3,5,7-8H2,(H2,15,19)(H,16,17). The fourth-order valence-electron chi connectivity index (χ4n) is 3.27. The number of nitrogens with one attached hydrogen (secondary N) is 1. The molecular weight excluding hydrogens is 256 g/mol. The molecule has 0 amide bonds. The molecule has 0 aliphatic carbocycles. The Balaban J connectivity index is 1.71. The van der Waals surface area contributed by atoms with Gasteiger partial charge in [-0.25, -0.2) is 4.98 Å². The van der Waals surface area contributed by atoms with Crippen LogP contribution in [0.5, 0.6) is 0 Å². The number of anilines is 1. The lowest BCUT2D eigenvalue weighted by Gasteiger charge is -2.32. The quantitative estimate of drug-likeness (QED) is 0.824. The highest BCUT2D eigenvalue weighted by molar-refractivity contribution is 7.80. The average Bonchev–Trinajstić information content (AvgIpc) is 2.83. The van der Waals surface area contributed by atoms with Gasteiger partial charge in [-0.3, -0.25) is 4.90 Å². The van der Waals surface area contributed by atoms with Crippen LogP contribution in [-0.4, -0.2) is 40.0 Å². The Bertz CT molecular complexity index is 476. The molecule has 0 aromatic carbocycles. The molecular formula is C14H20N4S. The van der Waals surface area contributed by atoms with Crippen LogP contribution in [0.2, 0.25) is 0 Å². The lowest BCUT2D eigenvalue weighted by Crippen LogP contribution is -2.41. The molecule has 5 heteroatoms. The van der Waals surface area contributed by atoms with Crippen LogP contribution in [0.4, 0.5) is 5.82 Å². The van der Waals surface area contributed by atoms with E-state index in [1.165, 1.54) is 38.8 Å². The van der Waals surface area contributed by atoms with E-state index in [-0.39, 0.29) is 0 Å². The van der Waals surface area contributed by atoms with Crippen molar-refractivity contribution in [1.29, 1.82) is 0 Å². The predicted molar refractivity (Wildman–Crippen MR) is 81.4 cm³/mol. The fourth-order valence-corrected chi connectivity index (χ4v) is 3.40. The van der Waals surface area contributed by atoms with Gasteiger partial charge in [0.2, 0.25) is 0 Å². The molecule has 2 aliphatic heterocycles. The smallest absolute Gasteiger partial charge is 0.126 e. The van der Waals surface area contributed by atoms with E-state index in [9.17, 15) is 0 Å². The molecule has 1 aromatic heterocycles. The summed E-state index contributed by atoms with van der Waals surface area (Å²) in [4.78, 5) is 7.41. The molecule has 2 saturated heterocycles. The first-order chi connectivity index (χ1) is 9.24. The van der Waals surface area contributed by atoms with Gasteiger partial charge in [0, 0.05) is 30.4 Å². The van der Waals surface area contributed by atoms with Crippen LogP contribution in [0.25, 0.3) is 0 Å². The van der Waals surface area contributed by atoms with Crippen molar-refractivity contribution in [3.05, 3.63) is 23.9 Å². The summed E-state index contributed by atoms with van der Waals surface area (Å²) in [5, 5.41) is 3.57. The van der Waals surface area contributed by atoms with Crippen LogP contribution in [0, 0.1) is 0 Å². The predicted octanol–water partition coefficient (Wildman–Crippen LogP) is 1.75. The highest BCUT2D eigenvalue weighted by Crippen LogP contribution is 2.29. The Hall–Kier alpha value is -1.20. The summed E-state index contributed by atoms with van der Waals surface area (Å²) < 4.78 is 0. The van der Waals surface area contributed by atoms with Crippen LogP contribution in [0.15, 0.2) is 18.3 Å². The molecule has 19 heavy (non-hydrogen) atoms. The van der Waals surface area contributed by atoms with Gasteiger partial charge in [-0.1, -0.05) is 18.6 Å². The molecule has 2 fully saturated rings. The summed E-state index contributed by atoms with van der Waals surface area (Å²) in [5.41, 5.74) is 6.55. The normalized spacial score (nSPS) is 26.9. The summed E-state index contributed by atoms with van der Waals surface area (Å²) in [6, 6.07) is 4.99. The van der Waals surface area contributed by atoms with Gasteiger partial charge >= 0.3 is 0 Å². The van der Waals surface area contributed by atoms with Gasteiger partial charge in [0.1, 0.15) is 10.8 Å². The molecule has 0 spiro atoms. The molecule has 2 aliphatic rings. The number of hydrogen-bond acceptors (Lipinski definition) is 4. The number of thiocarbonyl (C=S) groups is 1. The van der Waals surface area contributed by atoms with E-state index in [1.54, 1.807) is 6.20 Å². The van der Waals surface area contributed by atoms with Gasteiger partial charge in [0.25, 0.3) is 0 Å². The zero-order valence-corrected chi connectivity index (χ0v) is 11.8. The van der Waals surface area contributed by atoms with E-state index in [0.29, 0.717) is 17.1 Å². The van der Waals surface area contributed by atoms with Crippen molar-refractivity contribution < 1.29 is 0 Å². The molecule has 0 saturated carbocycles. The Kier molecular flexibility index (Phi) is 3.66. The number of hydrogen-bond donors (Lipinski definition) is 2. The minimum Gasteiger partial charge on any atom is -0.389 e. The van der Waals surface area contributed by atoms with E-state index in [4.69, 9.17) is 18.0 Å². The van der Waals surface area contributed by atoms with Crippen LogP contribution in [0.1, 0.15) is 31.2 Å². The Morgan fingerprint density at radius 1 is 1.37 bits per heavy atom. The first-order valence-corrected chi connectivity index (χ1v) is 7.41. The second kappa shape index (κ2) is 5.43. The van der Waals surface area contributed by atoms with E-state index in [0.717, 1.165) is 11.4 Å². The summed E-state index contributed by atoms with van der Waals surface area (Å²) >= 11 is 5.01. The van der Waals surface area contributed by atoms with E-state index < -0.39 is 0 Å². The maximum atomic E-state index is 5.66. The van der Waals surface area contributed by atoms with E-state index in [1.807, 2.05) is 12.1 Å². The Labute approximate surface area is 119 Å². The minimum absolute atomic E-state index is 0.427. The van der Waals surface area contributed by atoms with Crippen LogP contribution in [0.3, 0.4) is 0 Å². The fraction of sp³-hybridized carbons (Fsp3) is 0.571. The van der Waals surface area contributed by atoms with Crippen molar-refractivity contribution in [1.82, 2.24) is 9.88 Å². The third-order valence-electron chi connectivity index (χ3n) is 4.23. The van der Waals surface area contributed by atoms with Crippen LogP contribution < -0.4 is 11.1 Å². The summed E-state index contributed by atoms with van der Waals surface area (Å²) in [6.45, 7) is 2.46. The SMILES string of the molecule is NC(=S)c1ccnc(NC2CCN3CCCCC23)c1. The van der Waals surface area contributed by atoms with Crippen LogP contribution in [-0.2, 0) is 0 Å². The second-order valence-corrected chi connectivity index (χ2v) is 5.87. The monoisotopic (exact) mass is 276 g/mol. The first-order valence-electron chi connectivity index (χ1n) is 7.00. The molecule has 102 valence electrons. The summed E-state index contributed by atoms with van der Waals surface area (Å²) in [5.74, 6) is 0.891. The second-order valence-electron chi connectivity index (χ2n) is 5.43. The van der Waals surface area contributed by atoms with Crippen molar-refractivity contribution in [3.63, 3.8) is 0 Å². The zero-order valence-electron chi connectivity index (χ0n) is 11.0. The molecule has 3 heterocycles. The number of rotatable bonds is 3. The highest BCUT2D eigenvalue weighted by Gasteiger charge is 2.35. The van der Waals surface area contributed by atoms with Crippen LogP contribution >= 0.6 is 12.2 Å². The molecule has 3 N–H and O–H groups in total. The first kappa shape index (κ1) is 12.8. The number of aromatic nitrogens is 1. The lowest BCUT2D eigenvalue weighted by molar-refractivity contribution is 0.192. The molecule has 0 radical (unpaired) electrons. The number of nitrogens with zero attached hydrogens (tertiary/aromatic N) is 2. The maximum absolute atomic E-state index is 5.66. The largest absolute Gasteiger partial charge is 0.389 e.